The van der Waals surface area contributed by atoms with Gasteiger partial charge in [-0.05, 0) is 30.5 Å². The van der Waals surface area contributed by atoms with Crippen LogP contribution in [0, 0.1) is 0 Å². The molecular formula is C16H19ClN4O2. The second kappa shape index (κ2) is 7.02. The lowest BCUT2D eigenvalue weighted by molar-refractivity contribution is 0.166. The number of nitrogens with one attached hydrogen (secondary N) is 1. The zero-order valence-electron chi connectivity index (χ0n) is 12.7. The van der Waals surface area contributed by atoms with Crippen LogP contribution in [0.2, 0.25) is 5.02 Å². The maximum Gasteiger partial charge on any atom is 0.322 e. The van der Waals surface area contributed by atoms with Gasteiger partial charge in [0.05, 0.1) is 31.1 Å². The summed E-state index contributed by atoms with van der Waals surface area (Å²) in [5.74, 6) is 0. The topological polar surface area (TPSA) is 70.4 Å². The molecule has 3 rings (SSSR count). The molecule has 1 aliphatic heterocycles. The van der Waals surface area contributed by atoms with E-state index in [1.165, 1.54) is 0 Å². The third-order valence-electron chi connectivity index (χ3n) is 3.99. The van der Waals surface area contributed by atoms with Gasteiger partial charge in [-0.1, -0.05) is 23.7 Å². The number of anilines is 1. The first-order valence-electron chi connectivity index (χ1n) is 7.61. The predicted molar refractivity (Wildman–Crippen MR) is 88.6 cm³/mol. The van der Waals surface area contributed by atoms with Crippen molar-refractivity contribution in [1.29, 1.82) is 0 Å². The Morgan fingerprint density at radius 1 is 1.39 bits per heavy atom. The lowest BCUT2D eigenvalue weighted by Gasteiger charge is -2.22. The van der Waals surface area contributed by atoms with Gasteiger partial charge in [-0.3, -0.25) is 4.68 Å². The first-order chi connectivity index (χ1) is 11.2. The molecule has 1 fully saturated rings. The molecule has 2 N–H and O–H groups in total. The fourth-order valence-corrected chi connectivity index (χ4v) is 2.91. The van der Waals surface area contributed by atoms with Crippen LogP contribution < -0.4 is 5.32 Å². The average Bonchev–Trinajstić information content (AvgIpc) is 3.18. The van der Waals surface area contributed by atoms with Crippen LogP contribution in [0.3, 0.4) is 0 Å². The number of nitrogens with zero attached hydrogens (tertiary/aromatic N) is 3. The van der Waals surface area contributed by atoms with Gasteiger partial charge < -0.3 is 15.3 Å². The molecule has 0 bridgehead atoms. The maximum absolute atomic E-state index is 12.2. The Bertz CT molecular complexity index is 671. The smallest absolute Gasteiger partial charge is 0.322 e. The molecule has 0 spiro atoms. The van der Waals surface area contributed by atoms with Crippen molar-refractivity contribution in [3.63, 3.8) is 0 Å². The standard InChI is InChI=1S/C16H19ClN4O2/c17-13-5-3-12(4-6-13)9-20-10-14(8-18-20)19-16(23)21-7-1-2-15(21)11-22/h3-6,8,10,15,22H,1-2,7,9,11H2,(H,19,23)/t15-/m1/s1. The number of hydrogen-bond donors (Lipinski definition) is 2. The summed E-state index contributed by atoms with van der Waals surface area (Å²) < 4.78 is 1.76. The van der Waals surface area contributed by atoms with Crippen molar-refractivity contribution in [2.45, 2.75) is 25.4 Å². The Morgan fingerprint density at radius 3 is 2.91 bits per heavy atom. The van der Waals surface area contributed by atoms with Crippen molar-refractivity contribution in [1.82, 2.24) is 14.7 Å². The first-order valence-corrected chi connectivity index (χ1v) is 7.99. The van der Waals surface area contributed by atoms with Crippen LogP contribution in [-0.2, 0) is 6.54 Å². The quantitative estimate of drug-likeness (QED) is 0.902. The predicted octanol–water partition coefficient (Wildman–Crippen LogP) is 2.57. The van der Waals surface area contributed by atoms with Crippen LogP contribution in [-0.4, -0.2) is 45.0 Å². The number of rotatable bonds is 4. The molecule has 1 saturated heterocycles. The highest BCUT2D eigenvalue weighted by Crippen LogP contribution is 2.18. The van der Waals surface area contributed by atoms with Gasteiger partial charge in [0, 0.05) is 17.8 Å². The molecule has 2 aromatic rings. The minimum atomic E-state index is -0.187. The molecule has 0 radical (unpaired) electrons. The third-order valence-corrected chi connectivity index (χ3v) is 4.24. The third kappa shape index (κ3) is 3.83. The number of likely N-dealkylation sites (tertiary alicyclic amines) is 1. The van der Waals surface area contributed by atoms with E-state index in [0.29, 0.717) is 23.8 Å². The van der Waals surface area contributed by atoms with Crippen molar-refractivity contribution in [2.24, 2.45) is 0 Å². The van der Waals surface area contributed by atoms with Gasteiger partial charge in [0.2, 0.25) is 0 Å². The number of halogens is 1. The summed E-state index contributed by atoms with van der Waals surface area (Å²) in [6, 6.07) is 7.29. The number of aliphatic hydroxyl groups is 1. The average molecular weight is 335 g/mol. The van der Waals surface area contributed by atoms with E-state index < -0.39 is 0 Å². The summed E-state index contributed by atoms with van der Waals surface area (Å²) in [6.45, 7) is 1.29. The number of aromatic nitrogens is 2. The van der Waals surface area contributed by atoms with Gasteiger partial charge in [-0.2, -0.15) is 5.10 Å². The normalized spacial score (nSPS) is 17.5. The summed E-state index contributed by atoms with van der Waals surface area (Å²) >= 11 is 5.87. The molecule has 0 aliphatic carbocycles. The number of carbonyl (C=O) groups is 1. The highest BCUT2D eigenvalue weighted by atomic mass is 35.5. The number of hydrogen-bond acceptors (Lipinski definition) is 3. The Labute approximate surface area is 139 Å². The van der Waals surface area contributed by atoms with Gasteiger partial charge in [0.25, 0.3) is 0 Å². The number of urea groups is 1. The van der Waals surface area contributed by atoms with Gasteiger partial charge in [-0.25, -0.2) is 4.79 Å². The molecule has 1 atom stereocenters. The summed E-state index contributed by atoms with van der Waals surface area (Å²) in [4.78, 5) is 13.9. The van der Waals surface area contributed by atoms with E-state index in [1.54, 1.807) is 22.0 Å². The van der Waals surface area contributed by atoms with E-state index in [9.17, 15) is 9.90 Å². The Kier molecular flexibility index (Phi) is 4.83. The highest BCUT2D eigenvalue weighted by Gasteiger charge is 2.28. The van der Waals surface area contributed by atoms with Crippen molar-refractivity contribution < 1.29 is 9.90 Å². The molecule has 0 unspecified atom stereocenters. The van der Waals surface area contributed by atoms with Crippen LogP contribution in [0.4, 0.5) is 10.5 Å². The van der Waals surface area contributed by atoms with E-state index in [2.05, 4.69) is 10.4 Å². The minimum absolute atomic E-state index is 0.00322. The number of carbonyl (C=O) groups excluding carboxylic acids is 1. The Balaban J connectivity index is 1.60. The fourth-order valence-electron chi connectivity index (χ4n) is 2.78. The zero-order chi connectivity index (χ0) is 16.2. The van der Waals surface area contributed by atoms with Gasteiger partial charge in [0.15, 0.2) is 0 Å². The Morgan fingerprint density at radius 2 is 2.17 bits per heavy atom. The molecule has 0 saturated carbocycles. The monoisotopic (exact) mass is 334 g/mol. The van der Waals surface area contributed by atoms with E-state index in [0.717, 1.165) is 18.4 Å². The number of aliphatic hydroxyl groups excluding tert-OH is 1. The van der Waals surface area contributed by atoms with Crippen LogP contribution in [0.5, 0.6) is 0 Å². The van der Waals surface area contributed by atoms with Gasteiger partial charge >= 0.3 is 6.03 Å². The lowest BCUT2D eigenvalue weighted by atomic mass is 10.2. The molecule has 1 aliphatic rings. The zero-order valence-corrected chi connectivity index (χ0v) is 13.4. The van der Waals surface area contributed by atoms with Crippen molar-refractivity contribution in [2.75, 3.05) is 18.5 Å². The molecule has 2 heterocycles. The molecule has 2 amide bonds. The van der Waals surface area contributed by atoms with Gasteiger partial charge in [0.1, 0.15) is 0 Å². The van der Waals surface area contributed by atoms with E-state index >= 15 is 0 Å². The second-order valence-corrected chi connectivity index (χ2v) is 6.09. The van der Waals surface area contributed by atoms with Crippen LogP contribution in [0.1, 0.15) is 18.4 Å². The minimum Gasteiger partial charge on any atom is -0.394 e. The maximum atomic E-state index is 12.2. The molecular weight excluding hydrogens is 316 g/mol. The summed E-state index contributed by atoms with van der Waals surface area (Å²) in [5.41, 5.74) is 1.72. The van der Waals surface area contributed by atoms with E-state index in [4.69, 9.17) is 11.6 Å². The summed E-state index contributed by atoms with van der Waals surface area (Å²) in [7, 11) is 0. The fraction of sp³-hybridized carbons (Fsp3) is 0.375. The molecule has 122 valence electrons. The lowest BCUT2D eigenvalue weighted by Crippen LogP contribution is -2.40. The van der Waals surface area contributed by atoms with Crippen LogP contribution in [0.25, 0.3) is 0 Å². The second-order valence-electron chi connectivity index (χ2n) is 5.66. The molecule has 1 aromatic heterocycles. The molecule has 23 heavy (non-hydrogen) atoms. The highest BCUT2D eigenvalue weighted by molar-refractivity contribution is 6.30. The van der Waals surface area contributed by atoms with Crippen molar-refractivity contribution in [3.8, 4) is 0 Å². The largest absolute Gasteiger partial charge is 0.394 e. The Hall–Kier alpha value is -2.05. The number of amides is 2. The molecule has 1 aromatic carbocycles. The van der Waals surface area contributed by atoms with Crippen LogP contribution >= 0.6 is 11.6 Å². The first kappa shape index (κ1) is 15.8. The summed E-state index contributed by atoms with van der Waals surface area (Å²) in [5, 5.41) is 17.1. The van der Waals surface area contributed by atoms with Crippen molar-refractivity contribution >= 4 is 23.3 Å². The molecule has 7 heteroatoms. The SMILES string of the molecule is O=C(Nc1cnn(Cc2ccc(Cl)cc2)c1)N1CCC[C@@H]1CO. The van der Waals surface area contributed by atoms with Gasteiger partial charge in [-0.15, -0.1) is 0 Å². The number of benzene rings is 1. The van der Waals surface area contributed by atoms with Crippen molar-refractivity contribution in [3.05, 3.63) is 47.2 Å². The van der Waals surface area contributed by atoms with E-state index in [1.807, 2.05) is 24.3 Å². The summed E-state index contributed by atoms with van der Waals surface area (Å²) in [6.07, 6.45) is 5.18. The molecule has 6 nitrogen and oxygen atoms in total. The van der Waals surface area contributed by atoms with Crippen LogP contribution in [0.15, 0.2) is 36.7 Å². The van der Waals surface area contributed by atoms with E-state index in [-0.39, 0.29) is 18.7 Å².